The molecule has 0 unspecified atom stereocenters. The predicted molar refractivity (Wildman–Crippen MR) is 115 cm³/mol. The Hall–Kier alpha value is -3.91. The van der Waals surface area contributed by atoms with Crippen molar-refractivity contribution in [2.75, 3.05) is 6.54 Å². The highest BCUT2D eigenvalue weighted by atomic mass is 32.1. The quantitative estimate of drug-likeness (QED) is 0.226. The summed E-state index contributed by atoms with van der Waals surface area (Å²) in [6.07, 6.45) is 4.20. The minimum Gasteiger partial charge on any atom is -0.461 e. The highest BCUT2D eigenvalue weighted by Crippen LogP contribution is 2.23. The Morgan fingerprint density at radius 3 is 2.77 bits per heavy atom. The number of aromatic nitrogens is 1. The zero-order valence-corrected chi connectivity index (χ0v) is 16.4. The Balaban J connectivity index is 1.88. The van der Waals surface area contributed by atoms with Crippen molar-refractivity contribution in [2.24, 2.45) is 0 Å². The number of para-hydroxylation sites is 1. The van der Waals surface area contributed by atoms with Gasteiger partial charge in [-0.25, -0.2) is 4.98 Å². The zero-order chi connectivity index (χ0) is 21.3. The van der Waals surface area contributed by atoms with E-state index in [1.54, 1.807) is 18.2 Å². The Bertz CT molecular complexity index is 1240. The van der Waals surface area contributed by atoms with E-state index in [1.807, 2.05) is 18.2 Å². The zero-order valence-electron chi connectivity index (χ0n) is 15.6. The molecular weight excluding hydrogens is 402 g/mol. The third-order valence-electron chi connectivity index (χ3n) is 4.52. The Morgan fingerprint density at radius 1 is 1.23 bits per heavy atom. The van der Waals surface area contributed by atoms with Gasteiger partial charge in [-0.2, -0.15) is 0 Å². The maximum Gasteiger partial charge on any atom is 0.266 e. The summed E-state index contributed by atoms with van der Waals surface area (Å²) in [5.41, 5.74) is 0.823. The van der Waals surface area contributed by atoms with Crippen LogP contribution in [0, 0.1) is 0 Å². The fourth-order valence-corrected chi connectivity index (χ4v) is 3.34. The molecule has 4 rings (SSSR count). The maximum atomic E-state index is 13.0. The SMILES string of the molecule is C=CCN1C(=O)C(=Cc2nc3ccccc3cc2C(=O)c2ccco2)C(=O)NC1=S. The van der Waals surface area contributed by atoms with Crippen molar-refractivity contribution in [3.05, 3.63) is 84.0 Å². The molecule has 0 radical (unpaired) electrons. The van der Waals surface area contributed by atoms with Crippen molar-refractivity contribution in [1.82, 2.24) is 15.2 Å². The van der Waals surface area contributed by atoms with Gasteiger partial charge in [0.15, 0.2) is 10.9 Å². The van der Waals surface area contributed by atoms with Crippen LogP contribution in [0.2, 0.25) is 0 Å². The van der Waals surface area contributed by atoms with Crippen LogP contribution in [0.25, 0.3) is 17.0 Å². The van der Waals surface area contributed by atoms with Crippen molar-refractivity contribution in [2.45, 2.75) is 0 Å². The second-order valence-electron chi connectivity index (χ2n) is 6.44. The monoisotopic (exact) mass is 417 g/mol. The molecule has 0 bridgehead atoms. The summed E-state index contributed by atoms with van der Waals surface area (Å²) in [4.78, 5) is 44.0. The second kappa shape index (κ2) is 7.84. The number of pyridine rings is 1. The van der Waals surface area contributed by atoms with Gasteiger partial charge in [-0.15, -0.1) is 6.58 Å². The number of amides is 2. The third-order valence-corrected chi connectivity index (χ3v) is 4.84. The maximum absolute atomic E-state index is 13.0. The summed E-state index contributed by atoms with van der Waals surface area (Å²) in [7, 11) is 0. The van der Waals surface area contributed by atoms with Crippen LogP contribution in [0.1, 0.15) is 21.8 Å². The van der Waals surface area contributed by atoms with Crippen LogP contribution in [0.4, 0.5) is 0 Å². The van der Waals surface area contributed by atoms with Crippen molar-refractivity contribution in [3.63, 3.8) is 0 Å². The lowest BCUT2D eigenvalue weighted by Crippen LogP contribution is -2.53. The van der Waals surface area contributed by atoms with Crippen LogP contribution in [-0.4, -0.2) is 39.1 Å². The smallest absolute Gasteiger partial charge is 0.266 e. The van der Waals surface area contributed by atoms with Gasteiger partial charge in [-0.1, -0.05) is 24.3 Å². The van der Waals surface area contributed by atoms with E-state index in [2.05, 4.69) is 16.9 Å². The molecule has 3 aromatic rings. The van der Waals surface area contributed by atoms with Gasteiger partial charge in [0, 0.05) is 11.9 Å². The lowest BCUT2D eigenvalue weighted by Gasteiger charge is -2.27. The molecule has 0 saturated carbocycles. The molecule has 30 heavy (non-hydrogen) atoms. The van der Waals surface area contributed by atoms with Gasteiger partial charge >= 0.3 is 0 Å². The molecule has 8 heteroatoms. The fraction of sp³-hybridized carbons (Fsp3) is 0.0455. The number of nitrogens with one attached hydrogen (secondary N) is 1. The van der Waals surface area contributed by atoms with Crippen molar-refractivity contribution in [3.8, 4) is 0 Å². The minimum absolute atomic E-state index is 0.000376. The molecule has 2 aromatic heterocycles. The van der Waals surface area contributed by atoms with E-state index in [4.69, 9.17) is 16.6 Å². The molecule has 7 nitrogen and oxygen atoms in total. The van der Waals surface area contributed by atoms with Gasteiger partial charge in [0.05, 0.1) is 23.0 Å². The number of benzene rings is 1. The van der Waals surface area contributed by atoms with E-state index >= 15 is 0 Å². The molecule has 1 aliphatic heterocycles. The molecule has 1 N–H and O–H groups in total. The minimum atomic E-state index is -0.656. The van der Waals surface area contributed by atoms with E-state index in [0.29, 0.717) is 5.52 Å². The first-order valence-corrected chi connectivity index (χ1v) is 9.38. The average Bonchev–Trinajstić information content (AvgIpc) is 3.28. The number of carbonyl (C=O) groups excluding carboxylic acids is 3. The summed E-state index contributed by atoms with van der Waals surface area (Å²) in [6.45, 7) is 3.74. The largest absolute Gasteiger partial charge is 0.461 e. The number of fused-ring (bicyclic) bond motifs is 1. The second-order valence-corrected chi connectivity index (χ2v) is 6.83. The number of ketones is 1. The third kappa shape index (κ3) is 3.44. The van der Waals surface area contributed by atoms with Gasteiger partial charge in [0.2, 0.25) is 5.78 Å². The Morgan fingerprint density at radius 2 is 2.03 bits per heavy atom. The van der Waals surface area contributed by atoms with E-state index in [0.717, 1.165) is 5.39 Å². The number of hydrogen-bond donors (Lipinski definition) is 1. The summed E-state index contributed by atoms with van der Waals surface area (Å²) in [6, 6.07) is 12.0. The first-order chi connectivity index (χ1) is 14.5. The van der Waals surface area contributed by atoms with Crippen molar-refractivity contribution >= 4 is 51.9 Å². The Labute approximate surface area is 176 Å². The molecule has 1 aromatic carbocycles. The van der Waals surface area contributed by atoms with Gasteiger partial charge in [-0.3, -0.25) is 24.6 Å². The van der Waals surface area contributed by atoms with E-state index < -0.39 is 17.6 Å². The molecular formula is C22H15N3O4S. The van der Waals surface area contributed by atoms with Gasteiger partial charge in [-0.05, 0) is 42.6 Å². The van der Waals surface area contributed by atoms with E-state index in [-0.39, 0.29) is 34.2 Å². The van der Waals surface area contributed by atoms with Gasteiger partial charge in [0.1, 0.15) is 5.57 Å². The van der Waals surface area contributed by atoms with Crippen LogP contribution < -0.4 is 5.32 Å². The van der Waals surface area contributed by atoms with Crippen LogP contribution in [-0.2, 0) is 9.59 Å². The molecule has 0 atom stereocenters. The first-order valence-electron chi connectivity index (χ1n) is 8.97. The average molecular weight is 417 g/mol. The number of hydrogen-bond acceptors (Lipinski definition) is 6. The van der Waals surface area contributed by atoms with Gasteiger partial charge < -0.3 is 4.42 Å². The summed E-state index contributed by atoms with van der Waals surface area (Å²) in [5, 5.41) is 3.22. The van der Waals surface area contributed by atoms with E-state index in [9.17, 15) is 14.4 Å². The highest BCUT2D eigenvalue weighted by Gasteiger charge is 2.33. The predicted octanol–water partition coefficient (Wildman–Crippen LogP) is 2.87. The molecule has 1 fully saturated rings. The molecule has 1 saturated heterocycles. The first kappa shape index (κ1) is 19.4. The van der Waals surface area contributed by atoms with Crippen molar-refractivity contribution in [1.29, 1.82) is 0 Å². The van der Waals surface area contributed by atoms with Gasteiger partial charge in [0.25, 0.3) is 11.8 Å². The van der Waals surface area contributed by atoms with Crippen LogP contribution in [0.15, 0.2) is 71.4 Å². The fourth-order valence-electron chi connectivity index (χ4n) is 3.09. The normalized spacial score (nSPS) is 15.5. The molecule has 1 aliphatic rings. The van der Waals surface area contributed by atoms with Crippen LogP contribution in [0.3, 0.4) is 0 Å². The lowest BCUT2D eigenvalue weighted by molar-refractivity contribution is -0.128. The molecule has 0 aliphatic carbocycles. The number of thiocarbonyl (C=S) groups is 1. The van der Waals surface area contributed by atoms with Crippen LogP contribution in [0.5, 0.6) is 0 Å². The lowest BCUT2D eigenvalue weighted by atomic mass is 10.0. The molecule has 3 heterocycles. The summed E-state index contributed by atoms with van der Waals surface area (Å²) in [5.74, 6) is -1.53. The topological polar surface area (TPSA) is 92.5 Å². The summed E-state index contributed by atoms with van der Waals surface area (Å²) >= 11 is 5.06. The number of rotatable bonds is 5. The number of carbonyl (C=O) groups is 3. The molecule has 0 spiro atoms. The standard InChI is InChI=1S/C22H15N3O4S/c1-2-9-25-21(28)15(20(27)24-22(25)30)12-17-14(19(26)18-8-5-10-29-18)11-13-6-3-4-7-16(13)23-17/h2-8,10-12H,1,9H2,(H,24,27,30). The molecule has 148 valence electrons. The Kier molecular flexibility index (Phi) is 5.07. The summed E-state index contributed by atoms with van der Waals surface area (Å²) < 4.78 is 5.23. The molecule has 2 amide bonds. The van der Waals surface area contributed by atoms with Crippen molar-refractivity contribution < 1.29 is 18.8 Å². The van der Waals surface area contributed by atoms with Crippen LogP contribution >= 0.6 is 12.2 Å². The number of nitrogens with zero attached hydrogens (tertiary/aromatic N) is 2. The van der Waals surface area contributed by atoms with E-state index in [1.165, 1.54) is 29.4 Å². The number of furan rings is 1. The highest BCUT2D eigenvalue weighted by molar-refractivity contribution is 7.80.